The number of methoxy groups -OCH3 is 1. The summed E-state index contributed by atoms with van der Waals surface area (Å²) in [6, 6.07) is 6.55. The summed E-state index contributed by atoms with van der Waals surface area (Å²) in [5.74, 6) is -0.313. The summed E-state index contributed by atoms with van der Waals surface area (Å²) in [5.41, 5.74) is 1.25. The van der Waals surface area contributed by atoms with E-state index in [4.69, 9.17) is 4.74 Å². The van der Waals surface area contributed by atoms with Crippen LogP contribution >= 0.6 is 0 Å². The molecule has 0 aliphatic rings. The van der Waals surface area contributed by atoms with Gasteiger partial charge in [-0.2, -0.15) is 0 Å². The summed E-state index contributed by atoms with van der Waals surface area (Å²) in [5, 5.41) is 9.32. The number of hydrogen-bond donors (Lipinski definition) is 0. The molecule has 19 heavy (non-hydrogen) atoms. The van der Waals surface area contributed by atoms with Gasteiger partial charge in [-0.15, -0.1) is 5.10 Å². The lowest BCUT2D eigenvalue weighted by atomic mass is 10.3. The number of hydrogen-bond acceptors (Lipinski definition) is 3. The molecule has 4 nitrogen and oxygen atoms in total. The summed E-state index contributed by atoms with van der Waals surface area (Å²) in [6.07, 6.45) is 0. The molecule has 0 saturated heterocycles. The highest BCUT2D eigenvalue weighted by Crippen LogP contribution is 2.15. The van der Waals surface area contributed by atoms with Gasteiger partial charge in [-0.1, -0.05) is 37.0 Å². The molecule has 0 atom stereocenters. The number of rotatable bonds is 4. The SMILES string of the molecule is COCc1c([Si](C)(C)C)nnn1-c1ccccc1F. The summed E-state index contributed by atoms with van der Waals surface area (Å²) >= 11 is 0. The lowest BCUT2D eigenvalue weighted by Gasteiger charge is -2.15. The van der Waals surface area contributed by atoms with Crippen molar-refractivity contribution in [3.05, 3.63) is 35.8 Å². The number of ether oxygens (including phenoxy) is 1. The minimum absolute atomic E-state index is 0.313. The number of benzene rings is 1. The fraction of sp³-hybridized carbons (Fsp3) is 0.385. The Morgan fingerprint density at radius 2 is 1.95 bits per heavy atom. The van der Waals surface area contributed by atoms with Crippen LogP contribution in [0.25, 0.3) is 5.69 Å². The Kier molecular flexibility index (Phi) is 3.82. The molecule has 1 aromatic heterocycles. The van der Waals surface area contributed by atoms with Gasteiger partial charge in [-0.3, -0.25) is 0 Å². The third kappa shape index (κ3) is 2.74. The zero-order chi connectivity index (χ0) is 14.0. The van der Waals surface area contributed by atoms with Crippen LogP contribution in [0.15, 0.2) is 24.3 Å². The van der Waals surface area contributed by atoms with Crippen molar-refractivity contribution in [1.82, 2.24) is 15.0 Å². The van der Waals surface area contributed by atoms with E-state index in [1.54, 1.807) is 30.0 Å². The molecule has 0 saturated carbocycles. The Morgan fingerprint density at radius 3 is 2.53 bits per heavy atom. The predicted molar refractivity (Wildman–Crippen MR) is 75.0 cm³/mol. The molecular weight excluding hydrogens is 261 g/mol. The van der Waals surface area contributed by atoms with Gasteiger partial charge in [0.15, 0.2) is 0 Å². The molecule has 1 heterocycles. The second-order valence-electron chi connectivity index (χ2n) is 5.43. The maximum absolute atomic E-state index is 13.9. The third-order valence-electron chi connectivity index (χ3n) is 2.84. The van der Waals surface area contributed by atoms with Gasteiger partial charge in [0.05, 0.1) is 17.6 Å². The molecule has 0 N–H and O–H groups in total. The van der Waals surface area contributed by atoms with E-state index < -0.39 is 8.07 Å². The largest absolute Gasteiger partial charge is 0.378 e. The smallest absolute Gasteiger partial charge is 0.148 e. The summed E-state index contributed by atoms with van der Waals surface area (Å²) in [7, 11) is -0.0237. The van der Waals surface area contributed by atoms with Gasteiger partial charge in [0, 0.05) is 7.11 Å². The molecule has 0 unspecified atom stereocenters. The number of nitrogens with zero attached hydrogens (tertiary/aromatic N) is 3. The van der Waals surface area contributed by atoms with Crippen molar-refractivity contribution in [2.45, 2.75) is 26.2 Å². The van der Waals surface area contributed by atoms with Gasteiger partial charge in [0.2, 0.25) is 0 Å². The molecule has 0 spiro atoms. The lowest BCUT2D eigenvalue weighted by molar-refractivity contribution is 0.180. The fourth-order valence-corrected chi connectivity index (χ4v) is 3.36. The van der Waals surface area contributed by atoms with Crippen molar-refractivity contribution in [3.8, 4) is 5.69 Å². The second kappa shape index (κ2) is 5.22. The van der Waals surface area contributed by atoms with Crippen LogP contribution in [0.4, 0.5) is 4.39 Å². The second-order valence-corrected chi connectivity index (χ2v) is 10.4. The molecule has 0 radical (unpaired) electrons. The van der Waals surface area contributed by atoms with E-state index in [2.05, 4.69) is 30.0 Å². The Bertz CT molecular complexity index is 578. The molecule has 6 heteroatoms. The topological polar surface area (TPSA) is 39.9 Å². The van der Waals surface area contributed by atoms with E-state index in [1.807, 2.05) is 0 Å². The van der Waals surface area contributed by atoms with E-state index in [-0.39, 0.29) is 5.82 Å². The molecule has 102 valence electrons. The molecule has 2 rings (SSSR count). The minimum atomic E-state index is -1.64. The molecular formula is C13H18FN3OSi. The average Bonchev–Trinajstić information content (AvgIpc) is 2.74. The monoisotopic (exact) mass is 279 g/mol. The quantitative estimate of drug-likeness (QED) is 0.805. The van der Waals surface area contributed by atoms with Gasteiger partial charge in [0.1, 0.15) is 19.6 Å². The van der Waals surface area contributed by atoms with Crippen molar-refractivity contribution in [2.24, 2.45) is 0 Å². The molecule has 2 aromatic rings. The maximum atomic E-state index is 13.9. The summed E-state index contributed by atoms with van der Waals surface area (Å²) in [4.78, 5) is 0. The van der Waals surface area contributed by atoms with Crippen LogP contribution in [-0.4, -0.2) is 30.2 Å². The molecule has 0 aliphatic carbocycles. The fourth-order valence-electron chi connectivity index (χ4n) is 1.97. The molecule has 0 amide bonds. The van der Waals surface area contributed by atoms with E-state index >= 15 is 0 Å². The number of aromatic nitrogens is 3. The number of para-hydroxylation sites is 1. The Hall–Kier alpha value is -1.53. The van der Waals surface area contributed by atoms with Crippen LogP contribution in [-0.2, 0) is 11.3 Å². The Balaban J connectivity index is 2.59. The summed E-state index contributed by atoms with van der Waals surface area (Å²) in [6.45, 7) is 6.92. The Morgan fingerprint density at radius 1 is 1.26 bits per heavy atom. The molecule has 1 aromatic carbocycles. The van der Waals surface area contributed by atoms with Crippen molar-refractivity contribution in [2.75, 3.05) is 7.11 Å². The maximum Gasteiger partial charge on any atom is 0.148 e. The van der Waals surface area contributed by atoms with E-state index in [0.29, 0.717) is 12.3 Å². The third-order valence-corrected chi connectivity index (χ3v) is 4.64. The van der Waals surface area contributed by atoms with E-state index in [1.165, 1.54) is 6.07 Å². The zero-order valence-corrected chi connectivity index (χ0v) is 12.6. The van der Waals surface area contributed by atoms with Crippen LogP contribution in [0.3, 0.4) is 0 Å². The van der Waals surface area contributed by atoms with Gasteiger partial charge >= 0.3 is 0 Å². The summed E-state index contributed by atoms with van der Waals surface area (Å²) < 4.78 is 20.7. The predicted octanol–water partition coefficient (Wildman–Crippen LogP) is 2.10. The highest BCUT2D eigenvalue weighted by atomic mass is 28.3. The van der Waals surface area contributed by atoms with E-state index in [0.717, 1.165) is 11.0 Å². The highest BCUT2D eigenvalue weighted by Gasteiger charge is 2.27. The van der Waals surface area contributed by atoms with Gasteiger partial charge < -0.3 is 4.74 Å². The normalized spacial score (nSPS) is 11.8. The van der Waals surface area contributed by atoms with E-state index in [9.17, 15) is 4.39 Å². The van der Waals surface area contributed by atoms with Crippen LogP contribution in [0, 0.1) is 5.82 Å². The van der Waals surface area contributed by atoms with Crippen LogP contribution in [0.1, 0.15) is 5.69 Å². The van der Waals surface area contributed by atoms with Crippen molar-refractivity contribution in [3.63, 3.8) is 0 Å². The molecule has 0 fully saturated rings. The first-order valence-corrected chi connectivity index (χ1v) is 9.64. The first-order chi connectivity index (χ1) is 8.95. The molecule has 0 aliphatic heterocycles. The first-order valence-electron chi connectivity index (χ1n) is 6.14. The molecule has 0 bridgehead atoms. The highest BCUT2D eigenvalue weighted by molar-refractivity contribution is 6.88. The Labute approximate surface area is 113 Å². The van der Waals surface area contributed by atoms with Crippen molar-refractivity contribution >= 4 is 13.4 Å². The average molecular weight is 279 g/mol. The van der Waals surface area contributed by atoms with Crippen molar-refractivity contribution < 1.29 is 9.13 Å². The number of halogens is 1. The van der Waals surface area contributed by atoms with Gasteiger partial charge in [-0.05, 0) is 12.1 Å². The van der Waals surface area contributed by atoms with Crippen LogP contribution in [0.2, 0.25) is 19.6 Å². The standard InChI is InChI=1S/C13H18FN3OSi/c1-18-9-12-13(19(2,3)4)15-16-17(12)11-8-6-5-7-10(11)14/h5-8H,9H2,1-4H3. The van der Waals surface area contributed by atoms with Crippen molar-refractivity contribution in [1.29, 1.82) is 0 Å². The minimum Gasteiger partial charge on any atom is -0.378 e. The van der Waals surface area contributed by atoms with Crippen LogP contribution in [0.5, 0.6) is 0 Å². The first kappa shape index (κ1) is 13.9. The van der Waals surface area contributed by atoms with Gasteiger partial charge in [-0.25, -0.2) is 9.07 Å². The van der Waals surface area contributed by atoms with Crippen LogP contribution < -0.4 is 5.32 Å². The lowest BCUT2D eigenvalue weighted by Crippen LogP contribution is -2.41. The van der Waals surface area contributed by atoms with Gasteiger partial charge in [0.25, 0.3) is 0 Å². The zero-order valence-electron chi connectivity index (χ0n) is 11.6.